The number of hydrogen-bond acceptors (Lipinski definition) is 8. The van der Waals surface area contributed by atoms with Crippen molar-refractivity contribution >= 4 is 27.7 Å². The third-order valence-corrected chi connectivity index (χ3v) is 7.68. The molecule has 0 atom stereocenters. The molecule has 2 saturated heterocycles. The van der Waals surface area contributed by atoms with Gasteiger partial charge < -0.3 is 4.90 Å². The number of likely N-dealkylation sites (tertiary alicyclic amines) is 1. The van der Waals surface area contributed by atoms with Gasteiger partial charge in [0.2, 0.25) is 5.82 Å². The summed E-state index contributed by atoms with van der Waals surface area (Å²) >= 11 is 3.40. The Morgan fingerprint density at radius 2 is 1.84 bits per heavy atom. The average Bonchev–Trinajstić information content (AvgIpc) is 2.90. The van der Waals surface area contributed by atoms with Crippen molar-refractivity contribution in [3.63, 3.8) is 0 Å². The predicted molar refractivity (Wildman–Crippen MR) is 148 cm³/mol. The maximum absolute atomic E-state index is 13.4. The lowest BCUT2D eigenvalue weighted by Gasteiger charge is -2.42. The van der Waals surface area contributed by atoms with Gasteiger partial charge in [-0.1, -0.05) is 26.0 Å². The van der Waals surface area contributed by atoms with Crippen LogP contribution in [0.2, 0.25) is 0 Å². The molecule has 0 saturated carbocycles. The number of aromatic nitrogens is 2. The monoisotopic (exact) mass is 568 g/mol. The van der Waals surface area contributed by atoms with Crippen molar-refractivity contribution in [1.29, 1.82) is 5.26 Å². The third kappa shape index (κ3) is 7.48. The first-order chi connectivity index (χ1) is 17.8. The minimum absolute atomic E-state index is 0.0413. The van der Waals surface area contributed by atoms with Gasteiger partial charge in [0, 0.05) is 57.1 Å². The van der Waals surface area contributed by atoms with Crippen LogP contribution in [0, 0.1) is 17.2 Å². The lowest BCUT2D eigenvalue weighted by atomic mass is 10.0. The van der Waals surface area contributed by atoms with E-state index in [1.807, 2.05) is 32.0 Å². The molecule has 1 aromatic carbocycles. The van der Waals surface area contributed by atoms with Crippen LogP contribution >= 0.6 is 15.9 Å². The zero-order chi connectivity index (χ0) is 26.4. The number of carbonyl (C=O) groups is 1. The van der Waals surface area contributed by atoms with Crippen LogP contribution in [0.5, 0.6) is 0 Å². The molecule has 10 heteroatoms. The van der Waals surface area contributed by atoms with Crippen molar-refractivity contribution in [3.05, 3.63) is 51.9 Å². The second-order valence-electron chi connectivity index (χ2n) is 10.5. The highest BCUT2D eigenvalue weighted by atomic mass is 79.9. The Bertz CT molecular complexity index is 1090. The summed E-state index contributed by atoms with van der Waals surface area (Å²) in [5.41, 5.74) is 4.91. The number of halogens is 1. The second-order valence-corrected chi connectivity index (χ2v) is 11.3. The van der Waals surface area contributed by atoms with Gasteiger partial charge in [-0.05, 0) is 72.5 Å². The van der Waals surface area contributed by atoms with Crippen molar-refractivity contribution < 1.29 is 4.79 Å². The summed E-state index contributed by atoms with van der Waals surface area (Å²) in [5, 5.41) is 10.7. The van der Waals surface area contributed by atoms with Crippen LogP contribution < -0.4 is 5.43 Å². The molecular formula is C27H37BrN8O. The molecule has 0 aliphatic carbocycles. The molecule has 0 spiro atoms. The van der Waals surface area contributed by atoms with E-state index in [9.17, 15) is 4.79 Å². The molecule has 2 aromatic rings. The van der Waals surface area contributed by atoms with Gasteiger partial charge in [0.05, 0.1) is 4.47 Å². The predicted octanol–water partition coefficient (Wildman–Crippen LogP) is 3.45. The third-order valence-electron chi connectivity index (χ3n) is 7.10. The molecule has 198 valence electrons. The van der Waals surface area contributed by atoms with Crippen LogP contribution in [0.25, 0.3) is 0 Å². The molecule has 1 amide bonds. The highest BCUT2D eigenvalue weighted by Crippen LogP contribution is 2.22. The van der Waals surface area contributed by atoms with Gasteiger partial charge in [-0.25, -0.2) is 4.98 Å². The molecule has 2 aliphatic heterocycles. The fraction of sp³-hybridized carbons (Fsp3) is 0.556. The summed E-state index contributed by atoms with van der Waals surface area (Å²) in [6, 6.07) is 10.6. The lowest BCUT2D eigenvalue weighted by molar-refractivity contribution is 0.0658. The fourth-order valence-electron chi connectivity index (χ4n) is 4.97. The summed E-state index contributed by atoms with van der Waals surface area (Å²) in [6.07, 6.45) is 3.96. The van der Waals surface area contributed by atoms with Gasteiger partial charge >= 0.3 is 0 Å². The Balaban J connectivity index is 1.34. The first-order valence-electron chi connectivity index (χ1n) is 13.1. The van der Waals surface area contributed by atoms with Gasteiger partial charge in [-0.2, -0.15) is 10.2 Å². The highest BCUT2D eigenvalue weighted by Gasteiger charge is 2.27. The number of likely N-dealkylation sites (N-methyl/N-ethyl adjacent to an activating group) is 1. The second kappa shape index (κ2) is 12.8. The number of carbonyl (C=O) groups excluding carboxylic acids is 1. The van der Waals surface area contributed by atoms with E-state index >= 15 is 0 Å². The molecule has 1 N–H and O–H groups in total. The van der Waals surface area contributed by atoms with Gasteiger partial charge in [-0.3, -0.25) is 25.0 Å². The number of piperazine rings is 1. The highest BCUT2D eigenvalue weighted by molar-refractivity contribution is 9.10. The van der Waals surface area contributed by atoms with Crippen molar-refractivity contribution in [2.75, 3.05) is 58.3 Å². The number of nitrogens with zero attached hydrogens (tertiary/aromatic N) is 7. The van der Waals surface area contributed by atoms with Crippen LogP contribution in [-0.2, 0) is 6.54 Å². The molecule has 4 rings (SSSR count). The topological polar surface area (TPSA) is 91.6 Å². The number of hydrogen-bond donors (Lipinski definition) is 1. The number of hydrazine groups is 1. The zero-order valence-electron chi connectivity index (χ0n) is 22.0. The number of anilines is 1. The summed E-state index contributed by atoms with van der Waals surface area (Å²) < 4.78 is 0.583. The standard InChI is InChI=1S/C27H37BrN8O/c1-20(2)18-36(32-26-24(28)17-30-25(16-29)31-26)27(37)22-6-4-21(5-7-22)19-34-10-8-23(9-11-34)35-14-12-33(3)13-15-35/h4-7,17,20,23H,8-15,18-19H2,1-3H3,(H,30,31,32). The summed E-state index contributed by atoms with van der Waals surface area (Å²) in [5.74, 6) is 0.523. The molecule has 3 heterocycles. The number of benzene rings is 1. The Morgan fingerprint density at radius 1 is 1.16 bits per heavy atom. The van der Waals surface area contributed by atoms with E-state index in [0.29, 0.717) is 28.4 Å². The van der Waals surface area contributed by atoms with E-state index in [-0.39, 0.29) is 17.6 Å². The summed E-state index contributed by atoms with van der Waals surface area (Å²) in [6.45, 7) is 12.4. The quantitative estimate of drug-likeness (QED) is 0.484. The minimum Gasteiger partial charge on any atom is -0.304 e. The number of nitriles is 1. The van der Waals surface area contributed by atoms with Crippen molar-refractivity contribution in [2.45, 2.75) is 39.3 Å². The maximum atomic E-state index is 13.4. The van der Waals surface area contributed by atoms with Crippen molar-refractivity contribution in [3.8, 4) is 6.07 Å². The van der Waals surface area contributed by atoms with Crippen LogP contribution in [-0.4, -0.2) is 94.5 Å². The van der Waals surface area contributed by atoms with Gasteiger partial charge in [0.15, 0.2) is 5.82 Å². The first-order valence-corrected chi connectivity index (χ1v) is 13.9. The van der Waals surface area contributed by atoms with E-state index in [1.165, 1.54) is 50.8 Å². The molecule has 9 nitrogen and oxygen atoms in total. The SMILES string of the molecule is CC(C)CN(Nc1nc(C#N)ncc1Br)C(=O)c1ccc(CN2CCC(N3CCN(C)CC3)CC2)cc1. The minimum atomic E-state index is -0.141. The fourth-order valence-corrected chi connectivity index (χ4v) is 5.25. The molecule has 0 bridgehead atoms. The molecule has 37 heavy (non-hydrogen) atoms. The Labute approximate surface area is 228 Å². The molecule has 1 aromatic heterocycles. The number of nitrogens with one attached hydrogen (secondary N) is 1. The van der Waals surface area contributed by atoms with Gasteiger partial charge in [-0.15, -0.1) is 0 Å². The van der Waals surface area contributed by atoms with Crippen molar-refractivity contribution in [2.24, 2.45) is 5.92 Å². The number of amides is 1. The van der Waals surface area contributed by atoms with Gasteiger partial charge in [0.1, 0.15) is 6.07 Å². The Kier molecular flexibility index (Phi) is 9.49. The molecule has 2 fully saturated rings. The van der Waals surface area contributed by atoms with E-state index < -0.39 is 0 Å². The lowest BCUT2D eigenvalue weighted by Crippen LogP contribution is -2.52. The zero-order valence-corrected chi connectivity index (χ0v) is 23.6. The van der Waals surface area contributed by atoms with E-state index in [0.717, 1.165) is 19.6 Å². The summed E-state index contributed by atoms with van der Waals surface area (Å²) in [4.78, 5) is 29.1. The van der Waals surface area contributed by atoms with E-state index in [2.05, 4.69) is 65.2 Å². The smallest absolute Gasteiger partial charge is 0.272 e. The van der Waals surface area contributed by atoms with E-state index in [4.69, 9.17) is 5.26 Å². The average molecular weight is 570 g/mol. The van der Waals surface area contributed by atoms with Crippen molar-refractivity contribution in [1.82, 2.24) is 29.7 Å². The van der Waals surface area contributed by atoms with Crippen LogP contribution in [0.1, 0.15) is 48.4 Å². The van der Waals surface area contributed by atoms with Gasteiger partial charge in [0.25, 0.3) is 5.91 Å². The maximum Gasteiger partial charge on any atom is 0.272 e. The Morgan fingerprint density at radius 3 is 2.46 bits per heavy atom. The van der Waals surface area contributed by atoms with E-state index in [1.54, 1.807) is 5.01 Å². The number of rotatable bonds is 8. The molecule has 0 unspecified atom stereocenters. The first kappa shape index (κ1) is 27.5. The van der Waals surface area contributed by atoms with Crippen LogP contribution in [0.4, 0.5) is 5.82 Å². The normalized spacial score (nSPS) is 18.1. The van der Waals surface area contributed by atoms with Crippen LogP contribution in [0.3, 0.4) is 0 Å². The Hall–Kier alpha value is -2.58. The summed E-state index contributed by atoms with van der Waals surface area (Å²) in [7, 11) is 2.21. The van der Waals surface area contributed by atoms with Crippen LogP contribution in [0.15, 0.2) is 34.9 Å². The molecular weight excluding hydrogens is 532 g/mol. The molecule has 2 aliphatic rings. The molecule has 0 radical (unpaired) electrons. The number of piperidine rings is 1. The largest absolute Gasteiger partial charge is 0.304 e.